The van der Waals surface area contributed by atoms with E-state index >= 15 is 0 Å². The maximum atomic E-state index is 13.4. The van der Waals surface area contributed by atoms with E-state index in [0.717, 1.165) is 21.2 Å². The number of rotatable bonds is 7. The maximum Gasteiger partial charge on any atom is 0.335 e. The molecule has 0 fully saturated rings. The van der Waals surface area contributed by atoms with Gasteiger partial charge in [0.25, 0.3) is 0 Å². The summed E-state index contributed by atoms with van der Waals surface area (Å²) in [5.74, 6) is 0.173. The highest BCUT2D eigenvalue weighted by Crippen LogP contribution is 2.43. The van der Waals surface area contributed by atoms with Crippen LogP contribution in [0.4, 0.5) is 5.69 Å². The molecule has 0 spiro atoms. The van der Waals surface area contributed by atoms with Crippen molar-refractivity contribution in [2.45, 2.75) is 26.3 Å². The van der Waals surface area contributed by atoms with E-state index in [1.54, 1.807) is 17.0 Å². The number of anilines is 1. The van der Waals surface area contributed by atoms with Crippen molar-refractivity contribution in [3.8, 4) is 11.5 Å². The van der Waals surface area contributed by atoms with Crippen molar-refractivity contribution in [1.82, 2.24) is 0 Å². The van der Waals surface area contributed by atoms with Crippen LogP contribution in [0.25, 0.3) is 0 Å². The summed E-state index contributed by atoms with van der Waals surface area (Å²) >= 11 is 3.48. The van der Waals surface area contributed by atoms with Crippen LogP contribution in [0.1, 0.15) is 46.9 Å². The van der Waals surface area contributed by atoms with E-state index < -0.39 is 12.0 Å². The lowest BCUT2D eigenvalue weighted by Crippen LogP contribution is -2.41. The molecule has 0 unspecified atom stereocenters. The summed E-state index contributed by atoms with van der Waals surface area (Å²) in [4.78, 5) is 26.5. The minimum absolute atomic E-state index is 0.0786. The van der Waals surface area contributed by atoms with Crippen molar-refractivity contribution in [2.75, 3.05) is 18.1 Å². The molecule has 0 radical (unpaired) electrons. The molecule has 0 saturated heterocycles. The van der Waals surface area contributed by atoms with Gasteiger partial charge in [-0.3, -0.25) is 4.79 Å². The molecule has 6 nitrogen and oxygen atoms in total. The molecule has 1 amide bonds. The molecule has 0 bridgehead atoms. The number of carbonyl (C=O) groups is 2. The lowest BCUT2D eigenvalue weighted by Gasteiger charge is -2.38. The van der Waals surface area contributed by atoms with Gasteiger partial charge in [0, 0.05) is 10.2 Å². The number of hydrogen-bond acceptors (Lipinski definition) is 4. The predicted molar refractivity (Wildman–Crippen MR) is 129 cm³/mol. The second-order valence-electron chi connectivity index (χ2n) is 7.61. The average Bonchev–Trinajstić information content (AvgIpc) is 2.80. The molecular formula is C26H24BrNO5. The first-order valence-electron chi connectivity index (χ1n) is 10.8. The molecular weight excluding hydrogens is 486 g/mol. The molecule has 1 N–H and O–H groups in total. The fourth-order valence-electron chi connectivity index (χ4n) is 4.12. The topological polar surface area (TPSA) is 76.1 Å². The van der Waals surface area contributed by atoms with E-state index in [0.29, 0.717) is 30.4 Å². The van der Waals surface area contributed by atoms with Crippen LogP contribution >= 0.6 is 15.9 Å². The van der Waals surface area contributed by atoms with E-state index in [2.05, 4.69) is 15.9 Å². The molecule has 1 aliphatic rings. The summed E-state index contributed by atoms with van der Waals surface area (Å²) in [5.41, 5.74) is 3.57. The first kappa shape index (κ1) is 22.9. The summed E-state index contributed by atoms with van der Waals surface area (Å²) < 4.78 is 12.6. The van der Waals surface area contributed by atoms with Crippen molar-refractivity contribution >= 4 is 33.5 Å². The summed E-state index contributed by atoms with van der Waals surface area (Å²) in [5, 5.41) is 9.26. The second kappa shape index (κ2) is 9.67. The smallest absolute Gasteiger partial charge is 0.335 e. The average molecular weight is 510 g/mol. The highest BCUT2D eigenvalue weighted by molar-refractivity contribution is 9.10. The Morgan fingerprint density at radius 3 is 2.18 bits per heavy atom. The van der Waals surface area contributed by atoms with Gasteiger partial charge in [-0.15, -0.1) is 0 Å². The zero-order valence-electron chi connectivity index (χ0n) is 18.4. The largest absolute Gasteiger partial charge is 0.490 e. The normalized spacial score (nSPS) is 15.2. The number of amides is 1. The zero-order valence-corrected chi connectivity index (χ0v) is 20.0. The summed E-state index contributed by atoms with van der Waals surface area (Å²) in [7, 11) is 0. The Labute approximate surface area is 200 Å². The van der Waals surface area contributed by atoms with Crippen LogP contribution in [-0.2, 0) is 11.2 Å². The van der Waals surface area contributed by atoms with Crippen LogP contribution in [-0.4, -0.2) is 30.2 Å². The van der Waals surface area contributed by atoms with Crippen molar-refractivity contribution in [2.24, 2.45) is 0 Å². The Hall–Kier alpha value is -3.32. The number of carboxylic acid groups (broad SMARTS) is 1. The number of aromatic carboxylic acids is 1. The molecule has 0 saturated carbocycles. The highest BCUT2D eigenvalue weighted by atomic mass is 79.9. The van der Waals surface area contributed by atoms with Gasteiger partial charge in [0.05, 0.1) is 31.2 Å². The maximum absolute atomic E-state index is 13.4. The molecule has 4 rings (SSSR count). The number of halogens is 1. The first-order chi connectivity index (χ1) is 15.9. The van der Waals surface area contributed by atoms with Gasteiger partial charge in [-0.05, 0) is 79.1 Å². The van der Waals surface area contributed by atoms with E-state index in [4.69, 9.17) is 9.47 Å². The fourth-order valence-corrected chi connectivity index (χ4v) is 4.39. The fraction of sp³-hybridized carbons (Fsp3) is 0.231. The Balaban J connectivity index is 1.89. The second-order valence-corrected chi connectivity index (χ2v) is 8.53. The molecule has 1 aliphatic heterocycles. The molecule has 3 aromatic carbocycles. The van der Waals surface area contributed by atoms with Crippen molar-refractivity contribution < 1.29 is 24.2 Å². The van der Waals surface area contributed by atoms with Crippen LogP contribution in [0.2, 0.25) is 0 Å². The van der Waals surface area contributed by atoms with Crippen LogP contribution in [0.3, 0.4) is 0 Å². The quantitative estimate of drug-likeness (QED) is 0.447. The molecule has 1 heterocycles. The first-order valence-corrected chi connectivity index (χ1v) is 11.6. The predicted octanol–water partition coefficient (Wildman–Crippen LogP) is 5.62. The van der Waals surface area contributed by atoms with E-state index in [9.17, 15) is 14.7 Å². The summed E-state index contributed by atoms with van der Waals surface area (Å²) in [6, 6.07) is 17.7. The molecule has 3 aromatic rings. The number of carbonyl (C=O) groups excluding carboxylic acids is 1. The molecule has 1 atom stereocenters. The Bertz CT molecular complexity index is 1170. The number of fused-ring (bicyclic) bond motifs is 1. The standard InChI is InChI=1S/C26H24BrNO5/c1-3-32-22-13-18-14-24(29)28(20-11-7-17(8-12-20)26(30)31)25(16-5-9-19(27)10-6-16)21(18)15-23(22)33-4-2/h5-13,15,25H,3-4,14H2,1-2H3,(H,30,31)/t25-/m0/s1. The molecule has 33 heavy (non-hydrogen) atoms. The van der Waals surface area contributed by atoms with Gasteiger partial charge >= 0.3 is 5.97 Å². The molecule has 0 aliphatic carbocycles. The van der Waals surface area contributed by atoms with Crippen LogP contribution in [0, 0.1) is 0 Å². The highest BCUT2D eigenvalue weighted by Gasteiger charge is 2.36. The van der Waals surface area contributed by atoms with Crippen molar-refractivity contribution in [1.29, 1.82) is 0 Å². The third-order valence-corrected chi connectivity index (χ3v) is 6.08. The lowest BCUT2D eigenvalue weighted by atomic mass is 9.86. The van der Waals surface area contributed by atoms with Gasteiger partial charge in [-0.25, -0.2) is 4.79 Å². The van der Waals surface area contributed by atoms with E-state index in [1.165, 1.54) is 12.1 Å². The molecule has 0 aromatic heterocycles. The Kier molecular flexibility index (Phi) is 6.70. The minimum Gasteiger partial charge on any atom is -0.490 e. The van der Waals surface area contributed by atoms with Gasteiger partial charge < -0.3 is 19.5 Å². The number of benzene rings is 3. The summed E-state index contributed by atoms with van der Waals surface area (Å²) in [6.07, 6.45) is 0.204. The van der Waals surface area contributed by atoms with Crippen molar-refractivity contribution in [3.05, 3.63) is 87.4 Å². The third kappa shape index (κ3) is 4.59. The zero-order chi connectivity index (χ0) is 23.5. The van der Waals surface area contributed by atoms with Gasteiger partial charge in [0.1, 0.15) is 0 Å². The van der Waals surface area contributed by atoms with Crippen LogP contribution in [0.15, 0.2) is 65.1 Å². The van der Waals surface area contributed by atoms with E-state index in [-0.39, 0.29) is 17.9 Å². The number of nitrogens with zero attached hydrogens (tertiary/aromatic N) is 1. The number of carboxylic acids is 1. The SMILES string of the molecule is CCOc1cc2c(cc1OCC)[C@H](c1ccc(Br)cc1)N(c1ccc(C(=O)O)cc1)C(=O)C2. The Morgan fingerprint density at radius 1 is 1.00 bits per heavy atom. The molecule has 7 heteroatoms. The van der Waals surface area contributed by atoms with Crippen LogP contribution < -0.4 is 14.4 Å². The van der Waals surface area contributed by atoms with E-state index in [1.807, 2.05) is 50.2 Å². The van der Waals surface area contributed by atoms with Gasteiger partial charge in [-0.1, -0.05) is 28.1 Å². The summed E-state index contributed by atoms with van der Waals surface area (Å²) in [6.45, 7) is 4.81. The number of ether oxygens (including phenoxy) is 2. The monoisotopic (exact) mass is 509 g/mol. The molecule has 170 valence electrons. The minimum atomic E-state index is -1.01. The van der Waals surface area contributed by atoms with Gasteiger partial charge in [-0.2, -0.15) is 0 Å². The van der Waals surface area contributed by atoms with Gasteiger partial charge in [0.15, 0.2) is 11.5 Å². The lowest BCUT2D eigenvalue weighted by molar-refractivity contribution is -0.118. The third-order valence-electron chi connectivity index (χ3n) is 5.55. The van der Waals surface area contributed by atoms with Gasteiger partial charge in [0.2, 0.25) is 5.91 Å². The van der Waals surface area contributed by atoms with Crippen molar-refractivity contribution in [3.63, 3.8) is 0 Å². The number of hydrogen-bond donors (Lipinski definition) is 1. The van der Waals surface area contributed by atoms with Crippen LogP contribution in [0.5, 0.6) is 11.5 Å². The Morgan fingerprint density at radius 2 is 1.61 bits per heavy atom.